The highest BCUT2D eigenvalue weighted by atomic mass is 35.5. The number of ether oxygens (including phenoxy) is 1. The minimum atomic E-state index is 0.411. The first-order valence-corrected chi connectivity index (χ1v) is 5.60. The summed E-state index contributed by atoms with van der Waals surface area (Å²) in [5.41, 5.74) is 1.21. The van der Waals surface area contributed by atoms with Crippen molar-refractivity contribution in [3.05, 3.63) is 34.9 Å². The van der Waals surface area contributed by atoms with E-state index in [1.165, 1.54) is 5.56 Å². The van der Waals surface area contributed by atoms with Crippen LogP contribution in [0.1, 0.15) is 18.9 Å². The van der Waals surface area contributed by atoms with Crippen LogP contribution in [-0.2, 0) is 11.3 Å². The zero-order valence-corrected chi connectivity index (χ0v) is 10.1. The Balaban J connectivity index is 2.41. The van der Waals surface area contributed by atoms with Gasteiger partial charge >= 0.3 is 0 Å². The molecule has 0 saturated heterocycles. The summed E-state index contributed by atoms with van der Waals surface area (Å²) in [6.45, 7) is 3.73. The molecule has 15 heavy (non-hydrogen) atoms. The van der Waals surface area contributed by atoms with E-state index in [1.807, 2.05) is 18.2 Å². The van der Waals surface area contributed by atoms with Crippen LogP contribution in [0.2, 0.25) is 5.02 Å². The number of methoxy groups -OCH3 is 1. The Morgan fingerprint density at radius 3 is 2.87 bits per heavy atom. The molecule has 1 unspecified atom stereocenters. The Labute approximate surface area is 96.6 Å². The zero-order valence-electron chi connectivity index (χ0n) is 9.29. The van der Waals surface area contributed by atoms with Gasteiger partial charge in [0.15, 0.2) is 0 Å². The van der Waals surface area contributed by atoms with Crippen molar-refractivity contribution >= 4 is 11.6 Å². The van der Waals surface area contributed by atoms with Crippen LogP contribution in [0.15, 0.2) is 24.3 Å². The Bertz CT molecular complexity index is 291. The van der Waals surface area contributed by atoms with E-state index in [4.69, 9.17) is 16.3 Å². The second-order valence-corrected chi connectivity index (χ2v) is 4.01. The van der Waals surface area contributed by atoms with Gasteiger partial charge in [-0.05, 0) is 24.1 Å². The van der Waals surface area contributed by atoms with E-state index in [9.17, 15) is 0 Å². The Hall–Kier alpha value is -0.570. The van der Waals surface area contributed by atoms with E-state index in [0.717, 1.165) is 24.6 Å². The fraction of sp³-hybridized carbons (Fsp3) is 0.500. The van der Waals surface area contributed by atoms with Crippen LogP contribution < -0.4 is 5.32 Å². The maximum Gasteiger partial charge on any atom is 0.0615 e. The zero-order chi connectivity index (χ0) is 11.1. The first kappa shape index (κ1) is 12.5. The van der Waals surface area contributed by atoms with Crippen LogP contribution >= 0.6 is 11.6 Å². The Morgan fingerprint density at radius 1 is 1.47 bits per heavy atom. The molecule has 0 bridgehead atoms. The molecule has 0 aromatic heterocycles. The van der Waals surface area contributed by atoms with Crippen LogP contribution in [0, 0.1) is 0 Å². The number of hydrogen-bond acceptors (Lipinski definition) is 2. The first-order valence-electron chi connectivity index (χ1n) is 5.23. The highest BCUT2D eigenvalue weighted by Gasteiger charge is 2.04. The third-order valence-corrected chi connectivity index (χ3v) is 2.58. The van der Waals surface area contributed by atoms with Crippen LogP contribution in [-0.4, -0.2) is 19.8 Å². The molecule has 0 amide bonds. The number of nitrogens with one attached hydrogen (secondary N) is 1. The van der Waals surface area contributed by atoms with Gasteiger partial charge in [0, 0.05) is 24.7 Å². The molecular weight excluding hydrogens is 210 g/mol. The summed E-state index contributed by atoms with van der Waals surface area (Å²) in [5, 5.41) is 4.22. The van der Waals surface area contributed by atoms with Crippen LogP contribution in [0.5, 0.6) is 0 Å². The lowest BCUT2D eigenvalue weighted by Crippen LogP contribution is -2.31. The molecule has 0 radical (unpaired) electrons. The van der Waals surface area contributed by atoms with Gasteiger partial charge in [-0.3, -0.25) is 0 Å². The molecule has 0 saturated carbocycles. The lowest BCUT2D eigenvalue weighted by Gasteiger charge is -2.15. The third kappa shape index (κ3) is 4.65. The van der Waals surface area contributed by atoms with Crippen molar-refractivity contribution in [2.24, 2.45) is 0 Å². The van der Waals surface area contributed by atoms with E-state index in [1.54, 1.807) is 7.11 Å². The van der Waals surface area contributed by atoms with Crippen LogP contribution in [0.25, 0.3) is 0 Å². The van der Waals surface area contributed by atoms with E-state index in [0.29, 0.717) is 6.04 Å². The second kappa shape index (κ2) is 6.83. The SMILES string of the molecule is CCC(COC)NCc1cccc(Cl)c1. The quantitative estimate of drug-likeness (QED) is 0.807. The minimum absolute atomic E-state index is 0.411. The van der Waals surface area contributed by atoms with Crippen molar-refractivity contribution in [2.75, 3.05) is 13.7 Å². The Kier molecular flexibility index (Phi) is 5.69. The van der Waals surface area contributed by atoms with Gasteiger partial charge in [0.1, 0.15) is 0 Å². The summed E-state index contributed by atoms with van der Waals surface area (Å²) in [4.78, 5) is 0. The van der Waals surface area contributed by atoms with Crippen molar-refractivity contribution in [1.29, 1.82) is 0 Å². The molecule has 1 rings (SSSR count). The summed E-state index contributed by atoms with van der Waals surface area (Å²) in [5.74, 6) is 0. The van der Waals surface area contributed by atoms with Gasteiger partial charge in [0.2, 0.25) is 0 Å². The highest BCUT2D eigenvalue weighted by molar-refractivity contribution is 6.30. The normalized spacial score (nSPS) is 12.7. The largest absolute Gasteiger partial charge is 0.383 e. The summed E-state index contributed by atoms with van der Waals surface area (Å²) in [6, 6.07) is 8.31. The summed E-state index contributed by atoms with van der Waals surface area (Å²) >= 11 is 5.90. The Morgan fingerprint density at radius 2 is 2.27 bits per heavy atom. The molecule has 0 aliphatic heterocycles. The summed E-state index contributed by atoms with van der Waals surface area (Å²) < 4.78 is 5.12. The second-order valence-electron chi connectivity index (χ2n) is 3.57. The van der Waals surface area contributed by atoms with E-state index < -0.39 is 0 Å². The third-order valence-electron chi connectivity index (χ3n) is 2.34. The van der Waals surface area contributed by atoms with Crippen molar-refractivity contribution in [3.63, 3.8) is 0 Å². The number of benzene rings is 1. The lowest BCUT2D eigenvalue weighted by atomic mass is 10.2. The number of hydrogen-bond donors (Lipinski definition) is 1. The summed E-state index contributed by atoms with van der Waals surface area (Å²) in [6.07, 6.45) is 1.06. The molecule has 3 heteroatoms. The molecule has 2 nitrogen and oxygen atoms in total. The molecule has 0 aliphatic rings. The molecule has 0 heterocycles. The maximum atomic E-state index is 5.90. The molecule has 1 aromatic carbocycles. The van der Waals surface area contributed by atoms with E-state index >= 15 is 0 Å². The molecular formula is C12H18ClNO. The molecule has 84 valence electrons. The van der Waals surface area contributed by atoms with Gasteiger partial charge in [-0.2, -0.15) is 0 Å². The van der Waals surface area contributed by atoms with Crippen LogP contribution in [0.3, 0.4) is 0 Å². The fourth-order valence-corrected chi connectivity index (χ4v) is 1.64. The van der Waals surface area contributed by atoms with Crippen molar-refractivity contribution in [3.8, 4) is 0 Å². The first-order chi connectivity index (χ1) is 7.26. The smallest absolute Gasteiger partial charge is 0.0615 e. The molecule has 1 aromatic rings. The number of rotatable bonds is 6. The topological polar surface area (TPSA) is 21.3 Å². The van der Waals surface area contributed by atoms with Gasteiger partial charge in [0.05, 0.1) is 6.61 Å². The van der Waals surface area contributed by atoms with Gasteiger partial charge in [-0.25, -0.2) is 0 Å². The standard InChI is InChI=1S/C12H18ClNO/c1-3-12(9-15-2)14-8-10-5-4-6-11(13)7-10/h4-7,12,14H,3,8-9H2,1-2H3. The van der Waals surface area contributed by atoms with E-state index in [-0.39, 0.29) is 0 Å². The predicted molar refractivity (Wildman–Crippen MR) is 64.2 cm³/mol. The fourth-order valence-electron chi connectivity index (χ4n) is 1.43. The van der Waals surface area contributed by atoms with Crippen molar-refractivity contribution in [2.45, 2.75) is 25.9 Å². The number of halogens is 1. The molecule has 0 fully saturated rings. The minimum Gasteiger partial charge on any atom is -0.383 e. The van der Waals surface area contributed by atoms with Crippen molar-refractivity contribution < 1.29 is 4.74 Å². The van der Waals surface area contributed by atoms with Crippen molar-refractivity contribution in [1.82, 2.24) is 5.32 Å². The molecule has 0 spiro atoms. The van der Waals surface area contributed by atoms with Gasteiger partial charge < -0.3 is 10.1 Å². The molecule has 1 atom stereocenters. The van der Waals surface area contributed by atoms with Gasteiger partial charge in [-0.1, -0.05) is 30.7 Å². The molecule has 1 N–H and O–H groups in total. The van der Waals surface area contributed by atoms with Crippen LogP contribution in [0.4, 0.5) is 0 Å². The average Bonchev–Trinajstić information content (AvgIpc) is 2.24. The van der Waals surface area contributed by atoms with Gasteiger partial charge in [-0.15, -0.1) is 0 Å². The van der Waals surface area contributed by atoms with E-state index in [2.05, 4.69) is 18.3 Å². The highest BCUT2D eigenvalue weighted by Crippen LogP contribution is 2.10. The maximum absolute atomic E-state index is 5.90. The lowest BCUT2D eigenvalue weighted by molar-refractivity contribution is 0.164. The monoisotopic (exact) mass is 227 g/mol. The molecule has 0 aliphatic carbocycles. The summed E-state index contributed by atoms with van der Waals surface area (Å²) in [7, 11) is 1.73. The predicted octanol–water partition coefficient (Wildman–Crippen LogP) is 2.85. The average molecular weight is 228 g/mol. The van der Waals surface area contributed by atoms with Gasteiger partial charge in [0.25, 0.3) is 0 Å².